The molecular weight excluding hydrogens is 302 g/mol. The topological polar surface area (TPSA) is 64.6 Å². The molecule has 5 nitrogen and oxygen atoms in total. The van der Waals surface area contributed by atoms with Gasteiger partial charge < -0.3 is 20.6 Å². The number of benzene rings is 1. The van der Waals surface area contributed by atoms with Gasteiger partial charge in [-0.2, -0.15) is 0 Å². The summed E-state index contributed by atoms with van der Waals surface area (Å²) in [6, 6.07) is 8.00. The van der Waals surface area contributed by atoms with Gasteiger partial charge in [-0.15, -0.1) is 0 Å². The maximum Gasteiger partial charge on any atom is 0.315 e. The Morgan fingerprint density at radius 3 is 2.50 bits per heavy atom. The molecule has 134 valence electrons. The maximum absolute atomic E-state index is 12.0. The summed E-state index contributed by atoms with van der Waals surface area (Å²) in [6.45, 7) is 8.76. The third kappa shape index (κ3) is 5.41. The van der Waals surface area contributed by atoms with Crippen LogP contribution >= 0.6 is 0 Å². The maximum atomic E-state index is 12.0. The van der Waals surface area contributed by atoms with Gasteiger partial charge in [0, 0.05) is 31.9 Å². The lowest BCUT2D eigenvalue weighted by atomic mass is 9.89. The molecule has 0 aliphatic carbocycles. The minimum absolute atomic E-state index is 0.242. The number of hydrogen-bond acceptors (Lipinski definition) is 3. The van der Waals surface area contributed by atoms with Crippen LogP contribution in [-0.4, -0.2) is 36.9 Å². The second-order valence-electron chi connectivity index (χ2n) is 7.62. The van der Waals surface area contributed by atoms with Gasteiger partial charge >= 0.3 is 6.03 Å². The first-order valence-electron chi connectivity index (χ1n) is 8.90. The lowest BCUT2D eigenvalue weighted by molar-refractivity contribution is 0.0650. The molecule has 3 N–H and O–H groups in total. The first-order valence-corrected chi connectivity index (χ1v) is 8.90. The number of carbonyl (C=O) groups excluding carboxylic acids is 1. The predicted molar refractivity (Wildman–Crippen MR) is 98.2 cm³/mol. The van der Waals surface area contributed by atoms with E-state index < -0.39 is 6.10 Å². The van der Waals surface area contributed by atoms with Crippen LogP contribution in [0.5, 0.6) is 0 Å². The van der Waals surface area contributed by atoms with Crippen molar-refractivity contribution in [3.8, 4) is 0 Å². The molecule has 1 aliphatic heterocycles. The van der Waals surface area contributed by atoms with Crippen LogP contribution in [0.4, 0.5) is 10.5 Å². The normalized spacial score (nSPS) is 16.6. The van der Waals surface area contributed by atoms with Crippen molar-refractivity contribution in [3.05, 3.63) is 29.8 Å². The molecule has 1 heterocycles. The minimum atomic E-state index is -0.566. The standard InChI is InChI=1S/C19H31N3O2/c1-19(2,3)17(23)14-21-18(24)20-13-15-9-5-6-10-16(15)22-11-7-4-8-12-22/h5-6,9-10,17,23H,4,7-8,11-14H2,1-3H3,(H2,20,21,24). The molecule has 0 spiro atoms. The van der Waals surface area contributed by atoms with Crippen molar-refractivity contribution in [3.63, 3.8) is 0 Å². The first-order chi connectivity index (χ1) is 11.4. The van der Waals surface area contributed by atoms with E-state index in [1.54, 1.807) is 0 Å². The average molecular weight is 333 g/mol. The summed E-state index contributed by atoms with van der Waals surface area (Å²) in [6.07, 6.45) is 3.19. The number of carbonyl (C=O) groups is 1. The molecule has 1 saturated heterocycles. The molecule has 1 atom stereocenters. The van der Waals surface area contributed by atoms with E-state index in [9.17, 15) is 9.90 Å². The Morgan fingerprint density at radius 1 is 1.17 bits per heavy atom. The van der Waals surface area contributed by atoms with Gasteiger partial charge in [0.05, 0.1) is 6.10 Å². The highest BCUT2D eigenvalue weighted by atomic mass is 16.3. The lowest BCUT2D eigenvalue weighted by Crippen LogP contribution is -2.43. The zero-order chi connectivity index (χ0) is 17.6. The van der Waals surface area contributed by atoms with Gasteiger partial charge in [0.25, 0.3) is 0 Å². The van der Waals surface area contributed by atoms with Crippen LogP contribution in [0, 0.1) is 5.41 Å². The van der Waals surface area contributed by atoms with Crippen LogP contribution in [0.2, 0.25) is 0 Å². The largest absolute Gasteiger partial charge is 0.391 e. The monoisotopic (exact) mass is 333 g/mol. The van der Waals surface area contributed by atoms with E-state index in [2.05, 4.69) is 27.7 Å². The fourth-order valence-corrected chi connectivity index (χ4v) is 2.84. The van der Waals surface area contributed by atoms with Gasteiger partial charge in [0.15, 0.2) is 0 Å². The van der Waals surface area contributed by atoms with Gasteiger partial charge in [0.2, 0.25) is 0 Å². The molecule has 0 aromatic heterocycles. The first kappa shape index (κ1) is 18.6. The third-order valence-corrected chi connectivity index (χ3v) is 4.58. The smallest absolute Gasteiger partial charge is 0.315 e. The minimum Gasteiger partial charge on any atom is -0.391 e. The zero-order valence-electron chi connectivity index (χ0n) is 15.1. The second-order valence-corrected chi connectivity index (χ2v) is 7.62. The van der Waals surface area contributed by atoms with Gasteiger partial charge in [-0.25, -0.2) is 4.79 Å². The summed E-state index contributed by atoms with van der Waals surface area (Å²) in [5.74, 6) is 0. The zero-order valence-corrected chi connectivity index (χ0v) is 15.1. The predicted octanol–water partition coefficient (Wildman–Crippen LogP) is 2.88. The van der Waals surface area contributed by atoms with Crippen molar-refractivity contribution in [2.75, 3.05) is 24.5 Å². The molecule has 0 bridgehead atoms. The number of nitrogens with zero attached hydrogens (tertiary/aromatic N) is 1. The lowest BCUT2D eigenvalue weighted by Gasteiger charge is -2.30. The fourth-order valence-electron chi connectivity index (χ4n) is 2.84. The molecule has 2 rings (SSSR count). The Morgan fingerprint density at radius 2 is 1.83 bits per heavy atom. The number of nitrogens with one attached hydrogen (secondary N) is 2. The second kappa shape index (κ2) is 8.38. The van der Waals surface area contributed by atoms with E-state index in [-0.39, 0.29) is 18.0 Å². The molecule has 1 unspecified atom stereocenters. The van der Waals surface area contributed by atoms with Gasteiger partial charge in [-0.05, 0) is 36.3 Å². The third-order valence-electron chi connectivity index (χ3n) is 4.58. The van der Waals surface area contributed by atoms with E-state index in [1.807, 2.05) is 32.9 Å². The van der Waals surface area contributed by atoms with Gasteiger partial charge in [-0.1, -0.05) is 39.0 Å². The Bertz CT molecular complexity index is 534. The van der Waals surface area contributed by atoms with E-state index in [0.717, 1.165) is 18.7 Å². The van der Waals surface area contributed by atoms with Crippen LogP contribution in [-0.2, 0) is 6.54 Å². The van der Waals surface area contributed by atoms with Crippen molar-refractivity contribution < 1.29 is 9.90 Å². The van der Waals surface area contributed by atoms with Gasteiger partial charge in [0.1, 0.15) is 0 Å². The SMILES string of the molecule is CC(C)(C)C(O)CNC(=O)NCc1ccccc1N1CCCCC1. The summed E-state index contributed by atoms with van der Waals surface area (Å²) in [7, 11) is 0. The summed E-state index contributed by atoms with van der Waals surface area (Å²) < 4.78 is 0. The highest BCUT2D eigenvalue weighted by Gasteiger charge is 2.22. The Hall–Kier alpha value is -1.75. The number of anilines is 1. The average Bonchev–Trinajstić information content (AvgIpc) is 2.58. The van der Waals surface area contributed by atoms with Crippen LogP contribution in [0.3, 0.4) is 0 Å². The Labute approximate surface area is 145 Å². The van der Waals surface area contributed by atoms with E-state index in [0.29, 0.717) is 6.54 Å². The van der Waals surface area contributed by atoms with Crippen LogP contribution in [0.25, 0.3) is 0 Å². The van der Waals surface area contributed by atoms with Crippen molar-refractivity contribution in [1.82, 2.24) is 10.6 Å². The fraction of sp³-hybridized carbons (Fsp3) is 0.632. The van der Waals surface area contributed by atoms with Crippen LogP contribution < -0.4 is 15.5 Å². The molecule has 2 amide bonds. The highest BCUT2D eigenvalue weighted by Crippen LogP contribution is 2.24. The van der Waals surface area contributed by atoms with Crippen LogP contribution in [0.1, 0.15) is 45.6 Å². The number of aliphatic hydroxyl groups is 1. The number of urea groups is 1. The molecule has 1 aliphatic rings. The molecule has 1 aromatic carbocycles. The number of para-hydroxylation sites is 1. The molecule has 0 radical (unpaired) electrons. The summed E-state index contributed by atoms with van der Waals surface area (Å²) in [4.78, 5) is 14.4. The van der Waals surface area contributed by atoms with Crippen molar-refractivity contribution >= 4 is 11.7 Å². The number of aliphatic hydroxyl groups excluding tert-OH is 1. The summed E-state index contributed by atoms with van der Waals surface area (Å²) in [5, 5.41) is 15.6. The van der Waals surface area contributed by atoms with E-state index in [4.69, 9.17) is 0 Å². The van der Waals surface area contributed by atoms with E-state index in [1.165, 1.54) is 24.9 Å². The van der Waals surface area contributed by atoms with Crippen LogP contribution in [0.15, 0.2) is 24.3 Å². The van der Waals surface area contributed by atoms with Crippen molar-refractivity contribution in [2.45, 2.75) is 52.7 Å². The molecule has 0 saturated carbocycles. The molecule has 24 heavy (non-hydrogen) atoms. The van der Waals surface area contributed by atoms with Gasteiger partial charge in [-0.3, -0.25) is 0 Å². The number of amides is 2. The number of hydrogen-bond donors (Lipinski definition) is 3. The quantitative estimate of drug-likeness (QED) is 0.776. The molecule has 5 heteroatoms. The summed E-state index contributed by atoms with van der Waals surface area (Å²) >= 11 is 0. The molecular formula is C19H31N3O2. The number of piperidine rings is 1. The summed E-state index contributed by atoms with van der Waals surface area (Å²) in [5.41, 5.74) is 2.10. The van der Waals surface area contributed by atoms with Crippen molar-refractivity contribution in [1.29, 1.82) is 0 Å². The molecule has 1 aromatic rings. The Balaban J connectivity index is 1.86. The Kier molecular flexibility index (Phi) is 6.49. The molecule has 1 fully saturated rings. The number of rotatable bonds is 5. The van der Waals surface area contributed by atoms with E-state index >= 15 is 0 Å². The van der Waals surface area contributed by atoms with Crippen molar-refractivity contribution in [2.24, 2.45) is 5.41 Å². The highest BCUT2D eigenvalue weighted by molar-refractivity contribution is 5.74.